The number of aliphatic hydroxyl groups is 8. The van der Waals surface area contributed by atoms with Crippen molar-refractivity contribution in [2.24, 2.45) is 0 Å². The maximum atomic E-state index is 13.3. The summed E-state index contributed by atoms with van der Waals surface area (Å²) in [5, 5.41) is 87.3. The lowest BCUT2D eigenvalue weighted by Gasteiger charge is -2.46. The van der Waals surface area contributed by atoms with Crippen LogP contribution in [0.25, 0.3) is 0 Å². The van der Waals surface area contributed by atoms with Crippen molar-refractivity contribution in [1.29, 1.82) is 0 Å². The zero-order chi connectivity index (χ0) is 60.9. The molecule has 486 valence electrons. The minimum absolute atomic E-state index is 0.249. The fourth-order valence-electron chi connectivity index (χ4n) is 10.7. The summed E-state index contributed by atoms with van der Waals surface area (Å²) in [5.41, 5.74) is 0. The van der Waals surface area contributed by atoms with Gasteiger partial charge < -0.3 is 65.1 Å². The predicted octanol–water partition coefficient (Wildman–Crippen LogP) is 13.2. The monoisotopic (exact) mass is 1190 g/mol. The number of hydrogen-bond donors (Lipinski definition) is 9. The summed E-state index contributed by atoms with van der Waals surface area (Å²) in [4.78, 5) is 13.3. The molecule has 1 amide bonds. The first-order valence-corrected chi connectivity index (χ1v) is 33.8. The molecule has 2 saturated heterocycles. The van der Waals surface area contributed by atoms with E-state index in [-0.39, 0.29) is 18.9 Å². The summed E-state index contributed by atoms with van der Waals surface area (Å²) >= 11 is 0. The Kier molecular flexibility index (Phi) is 50.0. The second kappa shape index (κ2) is 54.3. The topological polar surface area (TPSA) is 228 Å². The predicted molar refractivity (Wildman–Crippen MR) is 341 cm³/mol. The summed E-state index contributed by atoms with van der Waals surface area (Å²) in [6.07, 6.45) is 57.9. The Morgan fingerprint density at radius 1 is 0.440 bits per heavy atom. The molecular formula is C70H123NO13. The molecule has 0 bridgehead atoms. The third kappa shape index (κ3) is 38.4. The fourth-order valence-corrected chi connectivity index (χ4v) is 10.7. The number of allylic oxidation sites excluding steroid dienone is 13. The zero-order valence-electron chi connectivity index (χ0n) is 52.6. The normalized spacial score (nSPS) is 24.2. The lowest BCUT2D eigenvalue weighted by molar-refractivity contribution is -0.359. The van der Waals surface area contributed by atoms with Crippen LogP contribution in [-0.2, 0) is 23.7 Å². The van der Waals surface area contributed by atoms with Crippen LogP contribution in [0.5, 0.6) is 0 Å². The molecule has 0 spiro atoms. The number of carbonyl (C=O) groups excluding carboxylic acids is 1. The van der Waals surface area contributed by atoms with Crippen LogP contribution in [-0.4, -0.2) is 140 Å². The van der Waals surface area contributed by atoms with E-state index in [9.17, 15) is 45.6 Å². The van der Waals surface area contributed by atoms with Crippen molar-refractivity contribution >= 4 is 5.91 Å². The van der Waals surface area contributed by atoms with Gasteiger partial charge in [0.2, 0.25) is 5.91 Å². The van der Waals surface area contributed by atoms with Gasteiger partial charge >= 0.3 is 0 Å². The highest BCUT2D eigenvalue weighted by molar-refractivity contribution is 5.76. The molecule has 0 aromatic heterocycles. The lowest BCUT2D eigenvalue weighted by atomic mass is 9.97. The average Bonchev–Trinajstić information content (AvgIpc) is 3.62. The number of nitrogens with one attached hydrogen (secondary N) is 1. The van der Waals surface area contributed by atoms with Crippen molar-refractivity contribution in [2.45, 2.75) is 331 Å². The standard InChI is InChI=1S/C70H123NO13/c1-3-5-7-9-11-13-15-17-19-21-23-24-25-26-27-28-29-30-31-32-33-34-36-37-39-41-43-45-47-49-51-53-59(74)58(71-62(75)54-52-50-48-46-44-42-40-38-35-22-20-18-16-14-12-10-8-6-4-2)57-81-69-67(80)65(78)68(61(56-73)83-69)84-70-66(79)64(77)63(76)60(55-72)82-70/h6,8,12,14,18,20,35-38,43,45,51,53,58-61,63-70,72-74,76-80H,3-5,7,9-11,13,15-17,19,21-34,39-42,44,46-50,52,54-57H2,1-2H3,(H,71,75)/b8-6-,14-12-,20-18-,37-36+,38-35-,45-43+,53-51+. The number of aliphatic hydroxyl groups excluding tert-OH is 8. The molecule has 0 aromatic rings. The van der Waals surface area contributed by atoms with Crippen LogP contribution < -0.4 is 5.32 Å². The molecule has 14 heteroatoms. The van der Waals surface area contributed by atoms with Crippen LogP contribution in [0.15, 0.2) is 85.1 Å². The van der Waals surface area contributed by atoms with E-state index in [4.69, 9.17) is 18.9 Å². The average molecular weight is 1190 g/mol. The van der Waals surface area contributed by atoms with Crippen LogP contribution in [0.1, 0.15) is 258 Å². The molecule has 84 heavy (non-hydrogen) atoms. The van der Waals surface area contributed by atoms with E-state index >= 15 is 0 Å². The van der Waals surface area contributed by atoms with Gasteiger partial charge in [0.1, 0.15) is 48.8 Å². The SMILES string of the molecule is CC/C=C\C/C=C\C/C=C\C/C=C\CCCCCCCCC(=O)NC(COC1OC(CO)C(OC2OC(CO)C(O)C(O)C2O)C(O)C1O)C(O)/C=C/CC/C=C/CC/C=C/CCCCCCCCCCCCCCCCCCCCCCC. The quantitative estimate of drug-likeness (QED) is 0.0204. The van der Waals surface area contributed by atoms with Gasteiger partial charge in [0, 0.05) is 6.42 Å². The summed E-state index contributed by atoms with van der Waals surface area (Å²) in [7, 11) is 0. The highest BCUT2D eigenvalue weighted by atomic mass is 16.7. The van der Waals surface area contributed by atoms with Gasteiger partial charge in [-0.2, -0.15) is 0 Å². The van der Waals surface area contributed by atoms with Crippen molar-refractivity contribution in [3.8, 4) is 0 Å². The Morgan fingerprint density at radius 3 is 1.31 bits per heavy atom. The maximum Gasteiger partial charge on any atom is 0.220 e. The van der Waals surface area contributed by atoms with Crippen molar-refractivity contribution < 1.29 is 64.6 Å². The Hall–Kier alpha value is -2.83. The molecular weight excluding hydrogens is 1060 g/mol. The highest BCUT2D eigenvalue weighted by Crippen LogP contribution is 2.30. The molecule has 0 radical (unpaired) electrons. The van der Waals surface area contributed by atoms with Crippen molar-refractivity contribution in [3.05, 3.63) is 85.1 Å². The molecule has 2 rings (SSSR count). The van der Waals surface area contributed by atoms with Gasteiger partial charge in [-0.1, -0.05) is 253 Å². The first kappa shape index (κ1) is 77.3. The lowest BCUT2D eigenvalue weighted by Crippen LogP contribution is -2.65. The summed E-state index contributed by atoms with van der Waals surface area (Å²) < 4.78 is 22.8. The molecule has 2 aliphatic heterocycles. The molecule has 14 nitrogen and oxygen atoms in total. The van der Waals surface area contributed by atoms with Crippen LogP contribution in [0.3, 0.4) is 0 Å². The maximum absolute atomic E-state index is 13.3. The first-order valence-electron chi connectivity index (χ1n) is 33.8. The van der Waals surface area contributed by atoms with E-state index in [0.29, 0.717) is 12.8 Å². The smallest absolute Gasteiger partial charge is 0.220 e. The van der Waals surface area contributed by atoms with Crippen LogP contribution >= 0.6 is 0 Å². The zero-order valence-corrected chi connectivity index (χ0v) is 52.6. The number of rotatable bonds is 54. The van der Waals surface area contributed by atoms with Gasteiger partial charge in [-0.3, -0.25) is 4.79 Å². The molecule has 12 atom stereocenters. The molecule has 0 saturated carbocycles. The van der Waals surface area contributed by atoms with Crippen molar-refractivity contribution in [1.82, 2.24) is 5.32 Å². The minimum atomic E-state index is -1.80. The van der Waals surface area contributed by atoms with Gasteiger partial charge in [0.25, 0.3) is 0 Å². The van der Waals surface area contributed by atoms with Gasteiger partial charge in [-0.05, 0) is 83.5 Å². The van der Waals surface area contributed by atoms with Crippen LogP contribution in [0, 0.1) is 0 Å². The molecule has 2 fully saturated rings. The van der Waals surface area contributed by atoms with Gasteiger partial charge in [-0.15, -0.1) is 0 Å². The second-order valence-electron chi connectivity index (χ2n) is 23.5. The fraction of sp³-hybridized carbons (Fsp3) is 0.786. The van der Waals surface area contributed by atoms with E-state index in [1.54, 1.807) is 6.08 Å². The number of ether oxygens (including phenoxy) is 4. The van der Waals surface area contributed by atoms with E-state index in [1.807, 2.05) is 6.08 Å². The van der Waals surface area contributed by atoms with Crippen LogP contribution in [0.4, 0.5) is 0 Å². The summed E-state index contributed by atoms with van der Waals surface area (Å²) in [6, 6.07) is -0.952. The van der Waals surface area contributed by atoms with E-state index in [0.717, 1.165) is 89.9 Å². The first-order chi connectivity index (χ1) is 41.1. The molecule has 2 heterocycles. The van der Waals surface area contributed by atoms with E-state index < -0.39 is 86.8 Å². The molecule has 0 aromatic carbocycles. The van der Waals surface area contributed by atoms with Gasteiger partial charge in [0.15, 0.2) is 12.6 Å². The van der Waals surface area contributed by atoms with E-state index in [2.05, 4.69) is 92.1 Å². The largest absolute Gasteiger partial charge is 0.394 e. The van der Waals surface area contributed by atoms with Gasteiger partial charge in [0.05, 0.1) is 32.0 Å². The number of hydrogen-bond acceptors (Lipinski definition) is 13. The summed E-state index contributed by atoms with van der Waals surface area (Å²) in [6.45, 7) is 2.66. The second-order valence-corrected chi connectivity index (χ2v) is 23.5. The van der Waals surface area contributed by atoms with Crippen molar-refractivity contribution in [2.75, 3.05) is 19.8 Å². The Morgan fingerprint density at radius 2 is 0.833 bits per heavy atom. The number of carbonyl (C=O) groups is 1. The third-order valence-corrected chi connectivity index (χ3v) is 16.0. The minimum Gasteiger partial charge on any atom is -0.394 e. The number of unbranched alkanes of at least 4 members (excludes halogenated alkanes) is 29. The van der Waals surface area contributed by atoms with Crippen molar-refractivity contribution in [3.63, 3.8) is 0 Å². The third-order valence-electron chi connectivity index (χ3n) is 16.0. The Bertz CT molecular complexity index is 1730. The van der Waals surface area contributed by atoms with E-state index in [1.165, 1.54) is 135 Å². The molecule has 12 unspecified atom stereocenters. The molecule has 2 aliphatic rings. The Labute approximate surface area is 510 Å². The van der Waals surface area contributed by atoms with Gasteiger partial charge in [-0.25, -0.2) is 0 Å². The summed E-state index contributed by atoms with van der Waals surface area (Å²) in [5.74, 6) is -0.269. The molecule has 9 N–H and O–H groups in total. The Balaban J connectivity index is 1.72. The molecule has 0 aliphatic carbocycles. The number of amides is 1. The van der Waals surface area contributed by atoms with Crippen LogP contribution in [0.2, 0.25) is 0 Å². The highest BCUT2D eigenvalue weighted by Gasteiger charge is 2.51.